The molecule has 0 saturated heterocycles. The number of hydrogen-bond donors (Lipinski definition) is 2. The second-order valence-electron chi connectivity index (χ2n) is 6.13. The zero-order chi connectivity index (χ0) is 17.3. The van der Waals surface area contributed by atoms with Crippen molar-refractivity contribution in [3.8, 4) is 5.75 Å². The number of carbonyl (C=O) groups is 2. The van der Waals surface area contributed by atoms with Gasteiger partial charge in [0, 0.05) is 17.4 Å². The molecule has 0 saturated carbocycles. The molecular formula is C18H17FN2O3. The average Bonchev–Trinajstić information content (AvgIpc) is 2.76. The van der Waals surface area contributed by atoms with Crippen molar-refractivity contribution in [3.63, 3.8) is 0 Å². The first-order valence-electron chi connectivity index (χ1n) is 7.50. The lowest BCUT2D eigenvalue weighted by Crippen LogP contribution is -2.27. The van der Waals surface area contributed by atoms with E-state index in [1.165, 1.54) is 18.2 Å². The smallest absolute Gasteiger partial charge is 0.262 e. The largest absolute Gasteiger partial charge is 0.484 e. The molecule has 0 bridgehead atoms. The van der Waals surface area contributed by atoms with Crippen LogP contribution in [0.2, 0.25) is 0 Å². The van der Waals surface area contributed by atoms with Gasteiger partial charge in [-0.25, -0.2) is 4.39 Å². The van der Waals surface area contributed by atoms with Crippen molar-refractivity contribution < 1.29 is 18.7 Å². The highest BCUT2D eigenvalue weighted by Crippen LogP contribution is 2.38. The van der Waals surface area contributed by atoms with E-state index in [1.807, 2.05) is 13.8 Å². The number of hydrogen-bond acceptors (Lipinski definition) is 3. The van der Waals surface area contributed by atoms with Crippen molar-refractivity contribution in [3.05, 3.63) is 53.8 Å². The third kappa shape index (κ3) is 3.08. The fourth-order valence-electron chi connectivity index (χ4n) is 2.55. The second kappa shape index (κ2) is 5.96. The fraction of sp³-hybridized carbons (Fsp3) is 0.222. The normalized spacial score (nSPS) is 14.7. The van der Waals surface area contributed by atoms with Crippen molar-refractivity contribution >= 4 is 23.2 Å². The van der Waals surface area contributed by atoms with Crippen molar-refractivity contribution in [1.82, 2.24) is 0 Å². The Morgan fingerprint density at radius 2 is 2.04 bits per heavy atom. The van der Waals surface area contributed by atoms with Crippen LogP contribution in [-0.4, -0.2) is 18.4 Å². The zero-order valence-electron chi connectivity index (χ0n) is 13.4. The molecule has 1 aliphatic rings. The van der Waals surface area contributed by atoms with Gasteiger partial charge < -0.3 is 15.4 Å². The molecule has 2 aromatic carbocycles. The maximum absolute atomic E-state index is 13.1. The van der Waals surface area contributed by atoms with E-state index < -0.39 is 11.2 Å². The number of ether oxygens (including phenoxy) is 1. The number of carbonyl (C=O) groups excluding carboxylic acids is 2. The van der Waals surface area contributed by atoms with Gasteiger partial charge in [-0.05, 0) is 49.7 Å². The summed E-state index contributed by atoms with van der Waals surface area (Å²) < 4.78 is 18.3. The number of nitrogens with one attached hydrogen (secondary N) is 2. The average molecular weight is 328 g/mol. The lowest BCUT2D eigenvalue weighted by atomic mass is 9.86. The van der Waals surface area contributed by atoms with E-state index >= 15 is 0 Å². The van der Waals surface area contributed by atoms with Gasteiger partial charge in [0.2, 0.25) is 5.91 Å². The lowest BCUT2D eigenvalue weighted by molar-refractivity contribution is -0.120. The fourth-order valence-corrected chi connectivity index (χ4v) is 2.55. The van der Waals surface area contributed by atoms with Gasteiger partial charge in [-0.2, -0.15) is 0 Å². The van der Waals surface area contributed by atoms with E-state index in [0.29, 0.717) is 5.69 Å². The molecule has 0 fully saturated rings. The molecule has 3 rings (SSSR count). The quantitative estimate of drug-likeness (QED) is 0.906. The van der Waals surface area contributed by atoms with Crippen molar-refractivity contribution in [2.45, 2.75) is 19.3 Å². The molecule has 2 N–H and O–H groups in total. The number of fused-ring (bicyclic) bond motifs is 1. The molecule has 0 unspecified atom stereocenters. The minimum absolute atomic E-state index is 0.0737. The summed E-state index contributed by atoms with van der Waals surface area (Å²) in [6.45, 7) is 3.42. The van der Waals surface area contributed by atoms with E-state index in [-0.39, 0.29) is 24.2 Å². The maximum Gasteiger partial charge on any atom is 0.262 e. The van der Waals surface area contributed by atoms with Crippen LogP contribution in [0.4, 0.5) is 15.8 Å². The predicted octanol–water partition coefficient (Wildman–Crippen LogP) is 3.07. The molecule has 24 heavy (non-hydrogen) atoms. The maximum atomic E-state index is 13.1. The minimum Gasteiger partial charge on any atom is -0.484 e. The Bertz CT molecular complexity index is 818. The summed E-state index contributed by atoms with van der Waals surface area (Å²) in [5, 5.41) is 5.52. The van der Waals surface area contributed by atoms with E-state index in [0.717, 1.165) is 11.3 Å². The third-order valence-corrected chi connectivity index (χ3v) is 3.96. The van der Waals surface area contributed by atoms with Crippen LogP contribution in [0.5, 0.6) is 5.75 Å². The topological polar surface area (TPSA) is 67.4 Å². The van der Waals surface area contributed by atoms with Gasteiger partial charge in [0.1, 0.15) is 11.6 Å². The number of halogens is 1. The summed E-state index contributed by atoms with van der Waals surface area (Å²) in [5.74, 6) is -0.578. The van der Waals surface area contributed by atoms with Crippen LogP contribution in [0.1, 0.15) is 19.4 Å². The molecule has 1 aliphatic heterocycles. The molecule has 2 amide bonds. The van der Waals surface area contributed by atoms with Gasteiger partial charge in [0.15, 0.2) is 6.61 Å². The van der Waals surface area contributed by atoms with Gasteiger partial charge in [-0.15, -0.1) is 0 Å². The van der Waals surface area contributed by atoms with Gasteiger partial charge in [0.25, 0.3) is 5.91 Å². The van der Waals surface area contributed by atoms with E-state index in [9.17, 15) is 14.0 Å². The molecule has 0 aliphatic carbocycles. The molecule has 124 valence electrons. The van der Waals surface area contributed by atoms with Crippen molar-refractivity contribution in [2.75, 3.05) is 17.2 Å². The first-order valence-corrected chi connectivity index (χ1v) is 7.50. The summed E-state index contributed by atoms with van der Waals surface area (Å²) in [5.41, 5.74) is 1.51. The van der Waals surface area contributed by atoms with Crippen LogP contribution in [0.25, 0.3) is 0 Å². The Balaban J connectivity index is 1.66. The minimum atomic E-state index is -0.645. The molecule has 0 atom stereocenters. The molecular weight excluding hydrogens is 311 g/mol. The highest BCUT2D eigenvalue weighted by atomic mass is 19.1. The highest BCUT2D eigenvalue weighted by Gasteiger charge is 2.38. The Labute approximate surface area is 138 Å². The standard InChI is InChI=1S/C18H17FN2O3/c1-18(2)14-9-12(6-7-15(14)21-17(18)23)20-16(22)10-24-13-5-3-4-11(19)8-13/h3-9H,10H2,1-2H3,(H,20,22)(H,21,23). The van der Waals surface area contributed by atoms with Crippen LogP contribution in [0.3, 0.4) is 0 Å². The van der Waals surface area contributed by atoms with Crippen LogP contribution in [0.15, 0.2) is 42.5 Å². The SMILES string of the molecule is CC1(C)C(=O)Nc2ccc(NC(=O)COc3cccc(F)c3)cc21. The van der Waals surface area contributed by atoms with E-state index in [2.05, 4.69) is 10.6 Å². The molecule has 2 aromatic rings. The zero-order valence-corrected chi connectivity index (χ0v) is 13.4. The molecule has 0 aromatic heterocycles. The molecule has 5 nitrogen and oxygen atoms in total. The molecule has 1 heterocycles. The second-order valence-corrected chi connectivity index (χ2v) is 6.13. The third-order valence-electron chi connectivity index (χ3n) is 3.96. The molecule has 0 spiro atoms. The van der Waals surface area contributed by atoms with Crippen molar-refractivity contribution in [1.29, 1.82) is 0 Å². The van der Waals surface area contributed by atoms with Crippen LogP contribution < -0.4 is 15.4 Å². The molecule has 0 radical (unpaired) electrons. The summed E-state index contributed by atoms with van der Waals surface area (Å²) >= 11 is 0. The summed E-state index contributed by atoms with van der Waals surface area (Å²) in [7, 11) is 0. The van der Waals surface area contributed by atoms with Gasteiger partial charge in [-0.3, -0.25) is 9.59 Å². The van der Waals surface area contributed by atoms with Gasteiger partial charge >= 0.3 is 0 Å². The summed E-state index contributed by atoms with van der Waals surface area (Å²) in [6, 6.07) is 10.8. The Kier molecular flexibility index (Phi) is 3.97. The van der Waals surface area contributed by atoms with E-state index in [4.69, 9.17) is 4.74 Å². The number of rotatable bonds is 4. The predicted molar refractivity (Wildman–Crippen MR) is 88.6 cm³/mol. The lowest BCUT2D eigenvalue weighted by Gasteiger charge is -2.16. The van der Waals surface area contributed by atoms with Crippen molar-refractivity contribution in [2.24, 2.45) is 0 Å². The molecule has 6 heteroatoms. The Morgan fingerprint density at radius 1 is 1.25 bits per heavy atom. The number of benzene rings is 2. The van der Waals surface area contributed by atoms with Gasteiger partial charge in [-0.1, -0.05) is 6.07 Å². The Hall–Kier alpha value is -2.89. The Morgan fingerprint density at radius 3 is 2.79 bits per heavy atom. The van der Waals surface area contributed by atoms with Crippen LogP contribution in [0, 0.1) is 5.82 Å². The summed E-state index contributed by atoms with van der Waals surface area (Å²) in [4.78, 5) is 23.9. The summed E-state index contributed by atoms with van der Waals surface area (Å²) in [6.07, 6.45) is 0. The first kappa shape index (κ1) is 16.0. The van der Waals surface area contributed by atoms with Gasteiger partial charge in [0.05, 0.1) is 5.41 Å². The number of anilines is 2. The highest BCUT2D eigenvalue weighted by molar-refractivity contribution is 6.06. The van der Waals surface area contributed by atoms with Crippen LogP contribution in [-0.2, 0) is 15.0 Å². The number of amides is 2. The van der Waals surface area contributed by atoms with Crippen LogP contribution >= 0.6 is 0 Å². The van der Waals surface area contributed by atoms with E-state index in [1.54, 1.807) is 24.3 Å². The first-order chi connectivity index (χ1) is 11.4. The monoisotopic (exact) mass is 328 g/mol.